The van der Waals surface area contributed by atoms with Gasteiger partial charge in [0.25, 0.3) is 0 Å². The molecule has 2 rings (SSSR count). The van der Waals surface area contributed by atoms with Crippen LogP contribution in [0.1, 0.15) is 39.0 Å². The molecule has 0 bridgehead atoms. The molecule has 0 radical (unpaired) electrons. The number of rotatable bonds is 3. The molecule has 0 amide bonds. The van der Waals surface area contributed by atoms with Crippen LogP contribution in [0.5, 0.6) is 0 Å². The third-order valence-electron chi connectivity index (χ3n) is 4.70. The predicted octanol–water partition coefficient (Wildman–Crippen LogP) is 0.979. The SMILES string of the molecule is CC1(O)CCCN(CC2(CN)CCOCC2)CC1. The Morgan fingerprint density at radius 3 is 2.56 bits per heavy atom. The van der Waals surface area contributed by atoms with E-state index in [1.807, 2.05) is 6.92 Å². The van der Waals surface area contributed by atoms with E-state index in [2.05, 4.69) is 4.90 Å². The molecule has 106 valence electrons. The molecular formula is C14H28N2O2. The highest BCUT2D eigenvalue weighted by molar-refractivity contribution is 4.88. The van der Waals surface area contributed by atoms with Crippen LogP contribution in [0.15, 0.2) is 0 Å². The van der Waals surface area contributed by atoms with E-state index >= 15 is 0 Å². The summed E-state index contributed by atoms with van der Waals surface area (Å²) in [5.74, 6) is 0. The average Bonchev–Trinajstić information content (AvgIpc) is 2.52. The van der Waals surface area contributed by atoms with Crippen LogP contribution in [0.4, 0.5) is 0 Å². The lowest BCUT2D eigenvalue weighted by Crippen LogP contribution is -2.46. The normalized spacial score (nSPS) is 34.2. The van der Waals surface area contributed by atoms with Gasteiger partial charge < -0.3 is 20.5 Å². The van der Waals surface area contributed by atoms with Crippen molar-refractivity contribution in [3.05, 3.63) is 0 Å². The second-order valence-electron chi connectivity index (χ2n) is 6.44. The molecule has 2 aliphatic rings. The second kappa shape index (κ2) is 5.87. The minimum atomic E-state index is -0.472. The first-order valence-electron chi connectivity index (χ1n) is 7.28. The fourth-order valence-electron chi connectivity index (χ4n) is 3.18. The molecule has 18 heavy (non-hydrogen) atoms. The number of aliphatic hydroxyl groups is 1. The molecule has 2 fully saturated rings. The molecule has 0 aromatic rings. The van der Waals surface area contributed by atoms with E-state index in [4.69, 9.17) is 10.5 Å². The van der Waals surface area contributed by atoms with Crippen LogP contribution in [0.2, 0.25) is 0 Å². The molecule has 4 nitrogen and oxygen atoms in total. The fourth-order valence-corrected chi connectivity index (χ4v) is 3.18. The summed E-state index contributed by atoms with van der Waals surface area (Å²) in [5.41, 5.74) is 5.79. The van der Waals surface area contributed by atoms with E-state index in [0.29, 0.717) is 0 Å². The topological polar surface area (TPSA) is 58.7 Å². The lowest BCUT2D eigenvalue weighted by Gasteiger charge is -2.40. The maximum absolute atomic E-state index is 10.1. The van der Waals surface area contributed by atoms with Crippen molar-refractivity contribution in [1.82, 2.24) is 4.90 Å². The molecule has 4 heteroatoms. The Morgan fingerprint density at radius 2 is 1.89 bits per heavy atom. The van der Waals surface area contributed by atoms with Gasteiger partial charge in [0.1, 0.15) is 0 Å². The molecule has 0 spiro atoms. The first-order chi connectivity index (χ1) is 8.55. The lowest BCUT2D eigenvalue weighted by atomic mass is 9.79. The van der Waals surface area contributed by atoms with Gasteiger partial charge in [-0.1, -0.05) is 0 Å². The van der Waals surface area contributed by atoms with Gasteiger partial charge >= 0.3 is 0 Å². The monoisotopic (exact) mass is 256 g/mol. The summed E-state index contributed by atoms with van der Waals surface area (Å²) in [7, 11) is 0. The van der Waals surface area contributed by atoms with Gasteiger partial charge in [-0.25, -0.2) is 0 Å². The summed E-state index contributed by atoms with van der Waals surface area (Å²) in [5, 5.41) is 10.1. The zero-order valence-corrected chi connectivity index (χ0v) is 11.7. The third-order valence-corrected chi connectivity index (χ3v) is 4.70. The van der Waals surface area contributed by atoms with Crippen molar-refractivity contribution in [2.24, 2.45) is 11.1 Å². The Kier molecular flexibility index (Phi) is 4.64. The summed E-state index contributed by atoms with van der Waals surface area (Å²) in [4.78, 5) is 2.50. The van der Waals surface area contributed by atoms with Crippen molar-refractivity contribution in [1.29, 1.82) is 0 Å². The summed E-state index contributed by atoms with van der Waals surface area (Å²) in [6, 6.07) is 0. The molecule has 0 saturated carbocycles. The maximum atomic E-state index is 10.1. The lowest BCUT2D eigenvalue weighted by molar-refractivity contribution is -0.00205. The standard InChI is InChI=1S/C14H28N2O2/c1-13(17)3-2-7-16(8-4-13)12-14(11-15)5-9-18-10-6-14/h17H,2-12,15H2,1H3. The highest BCUT2D eigenvalue weighted by Gasteiger charge is 2.34. The Hall–Kier alpha value is -0.160. The van der Waals surface area contributed by atoms with E-state index in [0.717, 1.165) is 71.5 Å². The predicted molar refractivity (Wildman–Crippen MR) is 72.5 cm³/mol. The van der Waals surface area contributed by atoms with Crippen molar-refractivity contribution in [2.45, 2.75) is 44.6 Å². The summed E-state index contributed by atoms with van der Waals surface area (Å²) in [6.07, 6.45) is 5.04. The Bertz CT molecular complexity index is 263. The molecular weight excluding hydrogens is 228 g/mol. The molecule has 2 saturated heterocycles. The van der Waals surface area contributed by atoms with Gasteiger partial charge in [0.2, 0.25) is 0 Å². The first kappa shape index (κ1) is 14.3. The number of hydrogen-bond acceptors (Lipinski definition) is 4. The van der Waals surface area contributed by atoms with Crippen LogP contribution < -0.4 is 5.73 Å². The average molecular weight is 256 g/mol. The Morgan fingerprint density at radius 1 is 1.17 bits per heavy atom. The number of likely N-dealkylation sites (tertiary alicyclic amines) is 1. The molecule has 1 unspecified atom stereocenters. The highest BCUT2D eigenvalue weighted by Crippen LogP contribution is 2.32. The van der Waals surface area contributed by atoms with Gasteiger partial charge in [0, 0.05) is 26.3 Å². The van der Waals surface area contributed by atoms with Crippen LogP contribution >= 0.6 is 0 Å². The second-order valence-corrected chi connectivity index (χ2v) is 6.44. The van der Waals surface area contributed by atoms with Crippen molar-refractivity contribution >= 4 is 0 Å². The number of ether oxygens (including phenoxy) is 1. The quantitative estimate of drug-likeness (QED) is 0.790. The molecule has 0 aromatic heterocycles. The zero-order chi connectivity index (χ0) is 13.1. The van der Waals surface area contributed by atoms with E-state index in [1.165, 1.54) is 0 Å². The Labute approximate surface area is 110 Å². The van der Waals surface area contributed by atoms with Crippen LogP contribution in [-0.4, -0.2) is 55.0 Å². The largest absolute Gasteiger partial charge is 0.390 e. The van der Waals surface area contributed by atoms with Gasteiger partial charge in [0.15, 0.2) is 0 Å². The summed E-state index contributed by atoms with van der Waals surface area (Å²) >= 11 is 0. The van der Waals surface area contributed by atoms with Crippen LogP contribution in [-0.2, 0) is 4.74 Å². The van der Waals surface area contributed by atoms with Crippen molar-refractivity contribution in [3.8, 4) is 0 Å². The fraction of sp³-hybridized carbons (Fsp3) is 1.00. The van der Waals surface area contributed by atoms with E-state index in [-0.39, 0.29) is 5.41 Å². The highest BCUT2D eigenvalue weighted by atomic mass is 16.5. The summed E-state index contributed by atoms with van der Waals surface area (Å²) in [6.45, 7) is 7.58. The zero-order valence-electron chi connectivity index (χ0n) is 11.7. The number of hydrogen-bond donors (Lipinski definition) is 2. The van der Waals surface area contributed by atoms with E-state index in [9.17, 15) is 5.11 Å². The van der Waals surface area contributed by atoms with Gasteiger partial charge in [0.05, 0.1) is 5.60 Å². The molecule has 1 atom stereocenters. The minimum absolute atomic E-state index is 0.244. The number of nitrogens with zero attached hydrogens (tertiary/aromatic N) is 1. The molecule has 3 N–H and O–H groups in total. The van der Waals surface area contributed by atoms with Crippen molar-refractivity contribution < 1.29 is 9.84 Å². The smallest absolute Gasteiger partial charge is 0.0632 e. The Balaban J connectivity index is 1.91. The first-order valence-corrected chi connectivity index (χ1v) is 7.28. The third kappa shape index (κ3) is 3.67. The van der Waals surface area contributed by atoms with E-state index < -0.39 is 5.60 Å². The van der Waals surface area contributed by atoms with Crippen LogP contribution in [0.3, 0.4) is 0 Å². The molecule has 0 aromatic carbocycles. The maximum Gasteiger partial charge on any atom is 0.0632 e. The molecule has 2 aliphatic heterocycles. The van der Waals surface area contributed by atoms with Gasteiger partial charge in [-0.15, -0.1) is 0 Å². The van der Waals surface area contributed by atoms with Gasteiger partial charge in [-0.3, -0.25) is 0 Å². The van der Waals surface area contributed by atoms with Crippen molar-refractivity contribution in [3.63, 3.8) is 0 Å². The molecule has 2 heterocycles. The van der Waals surface area contributed by atoms with Gasteiger partial charge in [-0.05, 0) is 57.5 Å². The number of nitrogens with two attached hydrogens (primary N) is 1. The van der Waals surface area contributed by atoms with Crippen LogP contribution in [0.25, 0.3) is 0 Å². The van der Waals surface area contributed by atoms with E-state index in [1.54, 1.807) is 0 Å². The minimum Gasteiger partial charge on any atom is -0.390 e. The summed E-state index contributed by atoms with van der Waals surface area (Å²) < 4.78 is 5.46. The molecule has 0 aliphatic carbocycles. The van der Waals surface area contributed by atoms with Gasteiger partial charge in [-0.2, -0.15) is 0 Å². The van der Waals surface area contributed by atoms with Crippen LogP contribution in [0, 0.1) is 5.41 Å². The van der Waals surface area contributed by atoms with Crippen molar-refractivity contribution in [2.75, 3.05) is 39.4 Å².